The van der Waals surface area contributed by atoms with Crippen molar-refractivity contribution in [3.63, 3.8) is 0 Å². The van der Waals surface area contributed by atoms with Crippen LogP contribution in [-0.4, -0.2) is 28.6 Å². The van der Waals surface area contributed by atoms with Crippen molar-refractivity contribution in [3.05, 3.63) is 98.4 Å². The van der Waals surface area contributed by atoms with Gasteiger partial charge in [0.25, 0.3) is 17.1 Å². The number of ether oxygens (including phenoxy) is 1. The van der Waals surface area contributed by atoms with Gasteiger partial charge >= 0.3 is 0 Å². The van der Waals surface area contributed by atoms with Crippen LogP contribution < -0.4 is 10.1 Å². The number of hydrogen-bond donors (Lipinski definition) is 1. The fraction of sp³-hybridized carbons (Fsp3) is 0.115. The Morgan fingerprint density at radius 1 is 1.06 bits per heavy atom. The van der Waals surface area contributed by atoms with Crippen molar-refractivity contribution in [1.29, 1.82) is 0 Å². The minimum absolute atomic E-state index is 0.223. The number of rotatable bonds is 7. The summed E-state index contributed by atoms with van der Waals surface area (Å²) < 4.78 is 5.53. The lowest BCUT2D eigenvalue weighted by atomic mass is 10.1. The Balaban J connectivity index is 1.39. The number of hydrogen-bond acceptors (Lipinski definition) is 5. The van der Waals surface area contributed by atoms with Gasteiger partial charge in [0, 0.05) is 10.7 Å². The molecule has 0 spiro atoms. The number of amides is 3. The predicted octanol–water partition coefficient (Wildman–Crippen LogP) is 6.56. The first-order valence-corrected chi connectivity index (χ1v) is 12.1. The Kier molecular flexibility index (Phi) is 7.80. The molecule has 1 heterocycles. The lowest BCUT2D eigenvalue weighted by Crippen LogP contribution is -2.27. The molecule has 0 saturated carbocycles. The van der Waals surface area contributed by atoms with E-state index in [4.69, 9.17) is 27.9 Å². The van der Waals surface area contributed by atoms with Crippen LogP contribution in [0.2, 0.25) is 10.0 Å². The molecule has 1 saturated heterocycles. The molecule has 1 fully saturated rings. The minimum Gasteiger partial charge on any atom is -0.482 e. The number of nitrogens with one attached hydrogen (secondary N) is 1. The van der Waals surface area contributed by atoms with Crippen molar-refractivity contribution in [2.75, 3.05) is 11.9 Å². The van der Waals surface area contributed by atoms with Gasteiger partial charge in [0.1, 0.15) is 5.75 Å². The molecule has 1 N–H and O–H groups in total. The average Bonchev–Trinajstić information content (AvgIpc) is 3.08. The molecular formula is C26H20Cl2N2O4S. The van der Waals surface area contributed by atoms with Crippen LogP contribution in [0, 0.1) is 6.92 Å². The highest BCUT2D eigenvalue weighted by Gasteiger charge is 2.35. The number of carbonyl (C=O) groups is 3. The Morgan fingerprint density at radius 2 is 1.80 bits per heavy atom. The molecule has 9 heteroatoms. The number of carbonyl (C=O) groups excluding carboxylic acids is 3. The number of thioether (sulfide) groups is 1. The van der Waals surface area contributed by atoms with Crippen LogP contribution in [0.4, 0.5) is 10.5 Å². The molecule has 178 valence electrons. The molecule has 1 aliphatic heterocycles. The van der Waals surface area contributed by atoms with E-state index in [9.17, 15) is 14.4 Å². The maximum atomic E-state index is 12.8. The van der Waals surface area contributed by atoms with E-state index >= 15 is 0 Å². The molecular weight excluding hydrogens is 507 g/mol. The van der Waals surface area contributed by atoms with Crippen LogP contribution in [0.5, 0.6) is 5.75 Å². The van der Waals surface area contributed by atoms with Gasteiger partial charge in [-0.1, -0.05) is 53.5 Å². The first kappa shape index (κ1) is 24.9. The average molecular weight is 527 g/mol. The van der Waals surface area contributed by atoms with Crippen LogP contribution in [0.15, 0.2) is 71.6 Å². The standard InChI is InChI=1S/C26H20Cl2N2O4S/c1-16-4-2-3-5-18(16)14-30-25(32)23(35-26(30)33)13-17-6-11-22(21(28)12-17)34-15-24(31)29-20-9-7-19(27)8-10-20/h2-13H,14-15H2,1H3,(H,29,31)/b23-13-. The molecule has 4 rings (SSSR count). The minimum atomic E-state index is -0.352. The SMILES string of the molecule is Cc1ccccc1CN1C(=O)S/C(=C\c2ccc(OCC(=O)Nc3ccc(Cl)cc3)c(Cl)c2)C1=O. The highest BCUT2D eigenvalue weighted by Crippen LogP contribution is 2.35. The summed E-state index contributed by atoms with van der Waals surface area (Å²) >= 11 is 13.1. The van der Waals surface area contributed by atoms with Gasteiger partial charge in [-0.05, 0) is 77.9 Å². The molecule has 0 aromatic heterocycles. The first-order chi connectivity index (χ1) is 16.8. The third-order valence-electron chi connectivity index (χ3n) is 5.20. The first-order valence-electron chi connectivity index (χ1n) is 10.6. The molecule has 0 unspecified atom stereocenters. The summed E-state index contributed by atoms with van der Waals surface area (Å²) in [5.74, 6) is -0.379. The lowest BCUT2D eigenvalue weighted by molar-refractivity contribution is -0.123. The highest BCUT2D eigenvalue weighted by atomic mass is 35.5. The normalized spacial score (nSPS) is 14.5. The number of imide groups is 1. The molecule has 3 aromatic rings. The summed E-state index contributed by atoms with van der Waals surface area (Å²) in [5.41, 5.74) is 3.16. The Labute approximate surface area is 216 Å². The van der Waals surface area contributed by atoms with Crippen molar-refractivity contribution in [2.45, 2.75) is 13.5 Å². The second-order valence-electron chi connectivity index (χ2n) is 7.73. The summed E-state index contributed by atoms with van der Waals surface area (Å²) in [6.07, 6.45) is 1.62. The summed E-state index contributed by atoms with van der Waals surface area (Å²) in [4.78, 5) is 39.0. The lowest BCUT2D eigenvalue weighted by Gasteiger charge is -2.14. The number of benzene rings is 3. The summed E-state index contributed by atoms with van der Waals surface area (Å²) in [7, 11) is 0. The van der Waals surface area contributed by atoms with Crippen molar-refractivity contribution >= 4 is 63.8 Å². The van der Waals surface area contributed by atoms with Gasteiger partial charge < -0.3 is 10.1 Å². The Hall–Kier alpha value is -3.26. The highest BCUT2D eigenvalue weighted by molar-refractivity contribution is 8.18. The fourth-order valence-electron chi connectivity index (χ4n) is 3.34. The van der Waals surface area contributed by atoms with E-state index in [1.807, 2.05) is 31.2 Å². The van der Waals surface area contributed by atoms with Gasteiger partial charge in [-0.15, -0.1) is 0 Å². The number of anilines is 1. The third kappa shape index (κ3) is 6.25. The maximum Gasteiger partial charge on any atom is 0.293 e. The smallest absolute Gasteiger partial charge is 0.293 e. The van der Waals surface area contributed by atoms with E-state index in [1.54, 1.807) is 48.5 Å². The molecule has 35 heavy (non-hydrogen) atoms. The molecule has 3 aromatic carbocycles. The summed E-state index contributed by atoms with van der Waals surface area (Å²) in [6, 6.07) is 19.3. The molecule has 6 nitrogen and oxygen atoms in total. The van der Waals surface area contributed by atoms with E-state index in [2.05, 4.69) is 5.32 Å². The van der Waals surface area contributed by atoms with Gasteiger partial charge in [0.2, 0.25) is 0 Å². The molecule has 1 aliphatic rings. The van der Waals surface area contributed by atoms with Gasteiger partial charge in [0.05, 0.1) is 16.5 Å². The van der Waals surface area contributed by atoms with Crippen LogP contribution in [0.25, 0.3) is 6.08 Å². The van der Waals surface area contributed by atoms with Crippen molar-refractivity contribution < 1.29 is 19.1 Å². The van der Waals surface area contributed by atoms with E-state index in [-0.39, 0.29) is 35.2 Å². The number of nitrogens with zero attached hydrogens (tertiary/aromatic N) is 1. The van der Waals surface area contributed by atoms with E-state index in [0.29, 0.717) is 26.9 Å². The molecule has 0 aliphatic carbocycles. The molecule has 0 radical (unpaired) electrons. The van der Waals surface area contributed by atoms with E-state index in [1.165, 1.54) is 4.90 Å². The van der Waals surface area contributed by atoms with Crippen molar-refractivity contribution in [3.8, 4) is 5.75 Å². The predicted molar refractivity (Wildman–Crippen MR) is 140 cm³/mol. The zero-order chi connectivity index (χ0) is 24.9. The van der Waals surface area contributed by atoms with Crippen molar-refractivity contribution in [1.82, 2.24) is 4.90 Å². The second kappa shape index (κ2) is 11.0. The molecule has 0 bridgehead atoms. The fourth-order valence-corrected chi connectivity index (χ4v) is 4.55. The quantitative estimate of drug-likeness (QED) is 0.353. The number of aryl methyl sites for hydroxylation is 1. The van der Waals surface area contributed by atoms with Crippen LogP contribution in [0.1, 0.15) is 16.7 Å². The summed E-state index contributed by atoms with van der Waals surface area (Å²) in [5, 5.41) is 3.23. The van der Waals surface area contributed by atoms with Crippen LogP contribution in [0.3, 0.4) is 0 Å². The maximum absolute atomic E-state index is 12.8. The van der Waals surface area contributed by atoms with E-state index in [0.717, 1.165) is 22.9 Å². The Morgan fingerprint density at radius 3 is 2.51 bits per heavy atom. The zero-order valence-electron chi connectivity index (χ0n) is 18.6. The van der Waals surface area contributed by atoms with Gasteiger partial charge in [-0.3, -0.25) is 19.3 Å². The monoisotopic (exact) mass is 526 g/mol. The van der Waals surface area contributed by atoms with Crippen molar-refractivity contribution in [2.24, 2.45) is 0 Å². The summed E-state index contributed by atoms with van der Waals surface area (Å²) in [6.45, 7) is 1.93. The second-order valence-corrected chi connectivity index (χ2v) is 9.56. The van der Waals surface area contributed by atoms with E-state index < -0.39 is 0 Å². The van der Waals surface area contributed by atoms with Gasteiger partial charge in [0.15, 0.2) is 6.61 Å². The van der Waals surface area contributed by atoms with Gasteiger partial charge in [-0.25, -0.2) is 0 Å². The zero-order valence-corrected chi connectivity index (χ0v) is 20.9. The number of halogens is 2. The molecule has 0 atom stereocenters. The van der Waals surface area contributed by atoms with Gasteiger partial charge in [-0.2, -0.15) is 0 Å². The largest absolute Gasteiger partial charge is 0.482 e. The van der Waals surface area contributed by atoms with Crippen LogP contribution in [-0.2, 0) is 16.1 Å². The third-order valence-corrected chi connectivity index (χ3v) is 6.66. The molecule has 3 amide bonds. The van der Waals surface area contributed by atoms with Crippen LogP contribution >= 0.6 is 35.0 Å². The Bertz CT molecular complexity index is 1330. The topological polar surface area (TPSA) is 75.7 Å².